The average Bonchev–Trinajstić information content (AvgIpc) is 2.73. The van der Waals surface area contributed by atoms with Crippen LogP contribution in [0, 0.1) is 0 Å². The van der Waals surface area contributed by atoms with E-state index in [1.807, 2.05) is 30.3 Å². The number of benzene rings is 3. The van der Waals surface area contributed by atoms with Gasteiger partial charge >= 0.3 is 5.97 Å². The predicted molar refractivity (Wildman–Crippen MR) is 106 cm³/mol. The second-order valence-corrected chi connectivity index (χ2v) is 6.19. The Balaban J connectivity index is 2.02. The van der Waals surface area contributed by atoms with E-state index < -0.39 is 17.3 Å². The summed E-state index contributed by atoms with van der Waals surface area (Å²) >= 11 is 4.96. The van der Waals surface area contributed by atoms with E-state index in [9.17, 15) is 9.59 Å². The van der Waals surface area contributed by atoms with E-state index in [2.05, 4.69) is 4.36 Å². The van der Waals surface area contributed by atoms with Crippen molar-refractivity contribution in [3.63, 3.8) is 0 Å². The molecule has 0 radical (unpaired) electrons. The zero-order valence-electron chi connectivity index (χ0n) is 14.4. The Morgan fingerprint density at radius 1 is 0.815 bits per heavy atom. The van der Waals surface area contributed by atoms with Gasteiger partial charge in [0.2, 0.25) is 11.3 Å². The van der Waals surface area contributed by atoms with Crippen molar-refractivity contribution < 1.29 is 14.3 Å². The van der Waals surface area contributed by atoms with Crippen molar-refractivity contribution in [1.82, 2.24) is 0 Å². The van der Waals surface area contributed by atoms with Crippen molar-refractivity contribution >= 4 is 24.2 Å². The lowest BCUT2D eigenvalue weighted by Crippen LogP contribution is -2.49. The normalized spacial score (nSPS) is 12.6. The highest BCUT2D eigenvalue weighted by Crippen LogP contribution is 2.26. The first-order valence-corrected chi connectivity index (χ1v) is 8.78. The molecule has 5 heteroatoms. The Morgan fingerprint density at radius 2 is 1.33 bits per heavy atom. The summed E-state index contributed by atoms with van der Waals surface area (Å²) in [5.74, 6) is -0.941. The molecule has 0 heterocycles. The number of nitrogens with zero attached hydrogens (tertiary/aromatic N) is 1. The summed E-state index contributed by atoms with van der Waals surface area (Å²) in [5, 5.41) is 0. The summed E-state index contributed by atoms with van der Waals surface area (Å²) in [5.41, 5.74) is -0.721. The lowest BCUT2D eigenvalue weighted by atomic mass is 9.84. The van der Waals surface area contributed by atoms with E-state index in [1.54, 1.807) is 60.7 Å². The van der Waals surface area contributed by atoms with Crippen LogP contribution in [0.2, 0.25) is 0 Å². The number of rotatable bonds is 7. The molecule has 0 saturated carbocycles. The molecule has 0 fully saturated rings. The van der Waals surface area contributed by atoms with Gasteiger partial charge in [0.05, 0.1) is 0 Å². The van der Waals surface area contributed by atoms with Gasteiger partial charge in [-0.25, -0.2) is 4.79 Å². The summed E-state index contributed by atoms with van der Waals surface area (Å²) in [6, 6.07) is 26.3. The first-order chi connectivity index (χ1) is 13.2. The van der Waals surface area contributed by atoms with Crippen LogP contribution in [-0.4, -0.2) is 17.3 Å². The van der Waals surface area contributed by atoms with Crippen LogP contribution < -0.4 is 4.74 Å². The molecule has 0 bridgehead atoms. The summed E-state index contributed by atoms with van der Waals surface area (Å²) in [7, 11) is 0. The maximum absolute atomic E-state index is 13.3. The molecule has 1 atom stereocenters. The highest BCUT2D eigenvalue weighted by Gasteiger charge is 2.48. The topological polar surface area (TPSA) is 55.7 Å². The zero-order chi connectivity index (χ0) is 19.1. The molecule has 134 valence electrons. The van der Waals surface area contributed by atoms with Crippen molar-refractivity contribution in [1.29, 1.82) is 0 Å². The Morgan fingerprint density at radius 3 is 1.89 bits per heavy atom. The van der Waals surface area contributed by atoms with Gasteiger partial charge < -0.3 is 4.74 Å². The minimum Gasteiger partial charge on any atom is -0.424 e. The van der Waals surface area contributed by atoms with Crippen molar-refractivity contribution in [2.75, 3.05) is 0 Å². The molecular formula is C22H17NO3S. The Kier molecular flexibility index (Phi) is 5.84. The van der Waals surface area contributed by atoms with Crippen LogP contribution in [0.15, 0.2) is 95.4 Å². The molecule has 3 aromatic carbocycles. The largest absolute Gasteiger partial charge is 0.424 e. The number of hydrogen-bond donors (Lipinski definition) is 0. The van der Waals surface area contributed by atoms with Gasteiger partial charge in [-0.1, -0.05) is 78.9 Å². The first-order valence-electron chi connectivity index (χ1n) is 8.41. The highest BCUT2D eigenvalue weighted by molar-refractivity contribution is 7.47. The molecule has 0 aliphatic rings. The summed E-state index contributed by atoms with van der Waals surface area (Å²) in [4.78, 5) is 26.4. The number of Topliss-reactive ketones (excluding diaryl/α,β-unsaturated/α-hetero) is 1. The quantitative estimate of drug-likeness (QED) is 0.269. The van der Waals surface area contributed by atoms with Crippen LogP contribution in [0.25, 0.3) is 0 Å². The average molecular weight is 375 g/mol. The number of esters is 1. The van der Waals surface area contributed by atoms with Gasteiger partial charge in [0, 0.05) is 24.4 Å². The third-order valence-electron chi connectivity index (χ3n) is 4.16. The Labute approximate surface area is 163 Å². The highest BCUT2D eigenvalue weighted by atomic mass is 32.1. The maximum atomic E-state index is 13.3. The van der Waals surface area contributed by atoms with Crippen molar-refractivity contribution in [2.24, 2.45) is 4.36 Å². The van der Waals surface area contributed by atoms with Gasteiger partial charge in [0.1, 0.15) is 5.75 Å². The van der Waals surface area contributed by atoms with Crippen molar-refractivity contribution in [2.45, 2.75) is 12.0 Å². The monoisotopic (exact) mass is 375 g/mol. The van der Waals surface area contributed by atoms with E-state index in [0.717, 1.165) is 5.56 Å². The van der Waals surface area contributed by atoms with Crippen LogP contribution in [0.5, 0.6) is 5.75 Å². The molecule has 0 aliphatic carbocycles. The molecule has 0 spiro atoms. The molecule has 4 nitrogen and oxygen atoms in total. The van der Waals surface area contributed by atoms with E-state index in [4.69, 9.17) is 17.2 Å². The molecule has 3 aromatic rings. The Hall–Kier alpha value is -3.18. The van der Waals surface area contributed by atoms with Crippen LogP contribution >= 0.6 is 0 Å². The van der Waals surface area contributed by atoms with Crippen LogP contribution in [-0.2, 0) is 23.6 Å². The van der Waals surface area contributed by atoms with E-state index in [-0.39, 0.29) is 6.42 Å². The SMILES string of the molecule is O=C(Oc1ccccc1)[C@](Cc1ccccc1)(N=S)C(=O)c1ccccc1. The van der Waals surface area contributed by atoms with Gasteiger partial charge in [-0.05, 0) is 17.7 Å². The lowest BCUT2D eigenvalue weighted by molar-refractivity contribution is -0.138. The van der Waals surface area contributed by atoms with E-state index in [1.165, 1.54) is 0 Å². The molecule has 0 N–H and O–H groups in total. The minimum absolute atomic E-state index is 0.0245. The number of ketones is 1. The standard InChI is InChI=1S/C22H17NO3S/c24-20(18-12-6-2-7-13-18)22(23-27,16-17-10-4-1-5-11-17)21(25)26-19-14-8-3-9-15-19/h1-15H,16H2/t22-/m1/s1. The first kappa shape index (κ1) is 18.6. The number of carbonyl (C=O) groups excluding carboxylic acids is 2. The van der Waals surface area contributed by atoms with E-state index in [0.29, 0.717) is 11.3 Å². The molecule has 0 aromatic heterocycles. The van der Waals surface area contributed by atoms with Gasteiger partial charge in [0.15, 0.2) is 0 Å². The number of ether oxygens (including phenoxy) is 1. The van der Waals surface area contributed by atoms with Gasteiger partial charge in [-0.3, -0.25) is 4.79 Å². The summed E-state index contributed by atoms with van der Waals surface area (Å²) < 4.78 is 9.31. The molecule has 0 unspecified atom stereocenters. The van der Waals surface area contributed by atoms with Crippen molar-refractivity contribution in [3.8, 4) is 5.75 Å². The number of carbonyl (C=O) groups is 2. The van der Waals surface area contributed by atoms with Crippen LogP contribution in [0.1, 0.15) is 15.9 Å². The fourth-order valence-corrected chi connectivity index (χ4v) is 2.98. The molecule has 0 amide bonds. The lowest BCUT2D eigenvalue weighted by Gasteiger charge is -2.25. The summed E-state index contributed by atoms with van der Waals surface area (Å²) in [6.45, 7) is 0. The molecule has 0 saturated heterocycles. The maximum Gasteiger partial charge on any atom is 0.349 e. The Bertz CT molecular complexity index is 930. The number of hydrogen-bond acceptors (Lipinski definition) is 5. The minimum atomic E-state index is -1.84. The molecule has 27 heavy (non-hydrogen) atoms. The number of para-hydroxylation sites is 1. The molecule has 3 rings (SSSR count). The third kappa shape index (κ3) is 4.15. The van der Waals surface area contributed by atoms with Crippen molar-refractivity contribution in [3.05, 3.63) is 102 Å². The fourth-order valence-electron chi connectivity index (χ4n) is 2.76. The van der Waals surface area contributed by atoms with Gasteiger partial charge in [0.25, 0.3) is 0 Å². The predicted octanol–water partition coefficient (Wildman–Crippen LogP) is 4.19. The van der Waals surface area contributed by atoms with Gasteiger partial charge in [-0.15, -0.1) is 0 Å². The van der Waals surface area contributed by atoms with E-state index >= 15 is 0 Å². The zero-order valence-corrected chi connectivity index (χ0v) is 15.3. The molecular weight excluding hydrogens is 358 g/mol. The van der Waals surface area contributed by atoms with Gasteiger partial charge in [-0.2, -0.15) is 4.36 Å². The molecule has 0 aliphatic heterocycles. The third-order valence-corrected chi connectivity index (χ3v) is 4.47. The van der Waals surface area contributed by atoms with Crippen LogP contribution in [0.3, 0.4) is 0 Å². The second kappa shape index (κ2) is 8.47. The smallest absolute Gasteiger partial charge is 0.349 e. The fraction of sp³-hybridized carbons (Fsp3) is 0.0909. The second-order valence-electron chi connectivity index (χ2n) is 6.01. The van der Waals surface area contributed by atoms with Crippen LogP contribution in [0.4, 0.5) is 0 Å². The summed E-state index contributed by atoms with van der Waals surface area (Å²) in [6.07, 6.45) is 0.0245.